The van der Waals surface area contributed by atoms with E-state index in [0.717, 1.165) is 5.65 Å². The number of carboxylic acids is 1. The van der Waals surface area contributed by atoms with Crippen LogP contribution in [0.4, 0.5) is 0 Å². The largest absolute Gasteiger partial charge is 0.477 e. The fourth-order valence-electron chi connectivity index (χ4n) is 2.12. The molecule has 3 aromatic rings. The van der Waals surface area contributed by atoms with Crippen LogP contribution >= 0.6 is 11.3 Å². The molecule has 0 aliphatic rings. The molecule has 0 bridgehead atoms. The molecule has 0 atom stereocenters. The van der Waals surface area contributed by atoms with E-state index in [1.807, 2.05) is 55.8 Å². The summed E-state index contributed by atoms with van der Waals surface area (Å²) in [6.07, 6.45) is 3.77. The van der Waals surface area contributed by atoms with E-state index in [1.165, 1.54) is 11.3 Å². The fourth-order valence-corrected chi connectivity index (χ4v) is 3.19. The van der Waals surface area contributed by atoms with Gasteiger partial charge in [0.1, 0.15) is 21.2 Å². The lowest BCUT2D eigenvalue weighted by molar-refractivity contribution is 0.0699. The third-order valence-corrected chi connectivity index (χ3v) is 4.18. The molecular weight excluding hydrogens is 286 g/mol. The molecule has 3 aromatic heterocycles. The zero-order chi connectivity index (χ0) is 15.2. The molecule has 5 nitrogen and oxygen atoms in total. The summed E-state index contributed by atoms with van der Waals surface area (Å²) in [5.41, 5.74) is 1.80. The van der Waals surface area contributed by atoms with Crippen molar-refractivity contribution in [2.24, 2.45) is 0 Å². The number of aromatic nitrogens is 3. The summed E-state index contributed by atoms with van der Waals surface area (Å²) in [5, 5.41) is 10.0. The quantitative estimate of drug-likeness (QED) is 0.787. The van der Waals surface area contributed by atoms with Crippen molar-refractivity contribution >= 4 is 23.0 Å². The van der Waals surface area contributed by atoms with Crippen molar-refractivity contribution in [3.05, 3.63) is 41.2 Å². The number of imidazole rings is 1. The first kappa shape index (κ1) is 13.8. The third-order valence-electron chi connectivity index (χ3n) is 3.11. The van der Waals surface area contributed by atoms with E-state index in [-0.39, 0.29) is 10.3 Å². The predicted molar refractivity (Wildman–Crippen MR) is 82.0 cm³/mol. The van der Waals surface area contributed by atoms with Crippen LogP contribution in [0.3, 0.4) is 0 Å². The number of nitrogens with zero attached hydrogens (tertiary/aromatic N) is 3. The maximum atomic E-state index is 11.4. The second-order valence-electron chi connectivity index (χ2n) is 5.84. The average Bonchev–Trinajstić information content (AvgIpc) is 3.02. The highest BCUT2D eigenvalue weighted by Crippen LogP contribution is 2.34. The number of carbonyl (C=O) groups is 1. The third kappa shape index (κ3) is 2.42. The molecule has 3 rings (SSSR count). The van der Waals surface area contributed by atoms with Gasteiger partial charge in [0.25, 0.3) is 0 Å². The molecule has 0 radical (unpaired) electrons. The number of fused-ring (bicyclic) bond motifs is 1. The van der Waals surface area contributed by atoms with E-state index in [0.29, 0.717) is 16.4 Å². The van der Waals surface area contributed by atoms with Crippen molar-refractivity contribution in [1.29, 1.82) is 0 Å². The van der Waals surface area contributed by atoms with Crippen LogP contribution in [0.5, 0.6) is 0 Å². The Kier molecular flexibility index (Phi) is 3.06. The number of carboxylic acid groups (broad SMARTS) is 1. The van der Waals surface area contributed by atoms with Gasteiger partial charge >= 0.3 is 5.97 Å². The van der Waals surface area contributed by atoms with Gasteiger partial charge in [0, 0.05) is 17.8 Å². The smallest absolute Gasteiger partial charge is 0.347 e. The van der Waals surface area contributed by atoms with Gasteiger partial charge in [0.15, 0.2) is 0 Å². The lowest BCUT2D eigenvalue weighted by Crippen LogP contribution is -2.16. The number of pyridine rings is 1. The summed E-state index contributed by atoms with van der Waals surface area (Å²) in [6, 6.07) is 5.74. The normalized spacial score (nSPS) is 12.0. The molecule has 0 saturated carbocycles. The van der Waals surface area contributed by atoms with E-state index in [1.54, 1.807) is 0 Å². The minimum atomic E-state index is -0.938. The van der Waals surface area contributed by atoms with Gasteiger partial charge in [-0.1, -0.05) is 26.8 Å². The molecule has 21 heavy (non-hydrogen) atoms. The lowest BCUT2D eigenvalue weighted by Gasteiger charge is -2.15. The van der Waals surface area contributed by atoms with Crippen LogP contribution < -0.4 is 0 Å². The Morgan fingerprint density at radius 2 is 2.05 bits per heavy atom. The van der Waals surface area contributed by atoms with Gasteiger partial charge in [-0.25, -0.2) is 14.8 Å². The molecule has 0 saturated heterocycles. The first-order valence-electron chi connectivity index (χ1n) is 6.55. The maximum Gasteiger partial charge on any atom is 0.347 e. The van der Waals surface area contributed by atoms with Gasteiger partial charge in [-0.3, -0.25) is 0 Å². The Balaban J connectivity index is 2.16. The molecule has 108 valence electrons. The van der Waals surface area contributed by atoms with E-state index < -0.39 is 5.97 Å². The molecule has 0 aliphatic carbocycles. The minimum absolute atomic E-state index is 0.287. The van der Waals surface area contributed by atoms with Crippen molar-refractivity contribution in [1.82, 2.24) is 14.4 Å². The van der Waals surface area contributed by atoms with Crippen LogP contribution in [-0.4, -0.2) is 25.4 Å². The monoisotopic (exact) mass is 301 g/mol. The zero-order valence-electron chi connectivity index (χ0n) is 12.0. The molecule has 0 spiro atoms. The van der Waals surface area contributed by atoms with Gasteiger partial charge < -0.3 is 9.51 Å². The Labute approximate surface area is 125 Å². The average molecular weight is 301 g/mol. The molecule has 0 fully saturated rings. The molecule has 0 unspecified atom stereocenters. The molecule has 0 amide bonds. The van der Waals surface area contributed by atoms with Crippen LogP contribution in [0.1, 0.15) is 36.1 Å². The summed E-state index contributed by atoms with van der Waals surface area (Å²) in [6.45, 7) is 5.88. The lowest BCUT2D eigenvalue weighted by atomic mass is 9.91. The van der Waals surface area contributed by atoms with Gasteiger partial charge in [-0.2, -0.15) is 0 Å². The Morgan fingerprint density at radius 1 is 1.29 bits per heavy atom. The molecular formula is C15H15N3O2S. The molecule has 1 N–H and O–H groups in total. The van der Waals surface area contributed by atoms with E-state index >= 15 is 0 Å². The van der Waals surface area contributed by atoms with Gasteiger partial charge in [-0.15, -0.1) is 11.3 Å². The highest BCUT2D eigenvalue weighted by Gasteiger charge is 2.27. The summed E-state index contributed by atoms with van der Waals surface area (Å²) in [5.74, 6) is -0.938. The highest BCUT2D eigenvalue weighted by atomic mass is 32.1. The number of aromatic carboxylic acids is 1. The number of rotatable bonds is 2. The number of hydrogen-bond acceptors (Lipinski definition) is 4. The number of thiazole rings is 1. The minimum Gasteiger partial charge on any atom is -0.477 e. The van der Waals surface area contributed by atoms with E-state index in [2.05, 4.69) is 9.97 Å². The molecule has 3 heterocycles. The van der Waals surface area contributed by atoms with Crippen LogP contribution in [0.2, 0.25) is 0 Å². The van der Waals surface area contributed by atoms with E-state index in [9.17, 15) is 9.90 Å². The second kappa shape index (κ2) is 4.66. The number of hydrogen-bond donors (Lipinski definition) is 1. The second-order valence-corrected chi connectivity index (χ2v) is 6.84. The molecule has 0 aromatic carbocycles. The Bertz CT molecular complexity index is 794. The predicted octanol–water partition coefficient (Wildman–Crippen LogP) is 3.45. The van der Waals surface area contributed by atoms with Crippen LogP contribution in [0.15, 0.2) is 30.6 Å². The van der Waals surface area contributed by atoms with Crippen molar-refractivity contribution in [3.8, 4) is 10.7 Å². The van der Waals surface area contributed by atoms with Gasteiger partial charge in [-0.05, 0) is 12.1 Å². The first-order valence-corrected chi connectivity index (χ1v) is 7.36. The van der Waals surface area contributed by atoms with Crippen molar-refractivity contribution in [2.45, 2.75) is 26.2 Å². The van der Waals surface area contributed by atoms with Crippen molar-refractivity contribution in [2.75, 3.05) is 0 Å². The topological polar surface area (TPSA) is 67.5 Å². The molecule has 0 aliphatic heterocycles. The Morgan fingerprint density at radius 3 is 2.62 bits per heavy atom. The summed E-state index contributed by atoms with van der Waals surface area (Å²) in [4.78, 5) is 20.7. The first-order chi connectivity index (χ1) is 9.86. The Hall–Kier alpha value is -2.21. The van der Waals surface area contributed by atoms with Gasteiger partial charge in [0.2, 0.25) is 0 Å². The van der Waals surface area contributed by atoms with Crippen LogP contribution in [0.25, 0.3) is 16.3 Å². The van der Waals surface area contributed by atoms with E-state index in [4.69, 9.17) is 0 Å². The summed E-state index contributed by atoms with van der Waals surface area (Å²) in [7, 11) is 0. The SMILES string of the molecule is CC(C)(C)c1nc(-c2cn3ccccc3n2)sc1C(=O)O. The summed E-state index contributed by atoms with van der Waals surface area (Å²) < 4.78 is 1.90. The standard InChI is InChI=1S/C15H15N3O2S/c1-15(2,3)12-11(14(19)20)21-13(17-12)9-8-18-7-5-4-6-10(18)16-9/h4-8H,1-3H3,(H,19,20). The fraction of sp³-hybridized carbons (Fsp3) is 0.267. The zero-order valence-corrected chi connectivity index (χ0v) is 12.8. The highest BCUT2D eigenvalue weighted by molar-refractivity contribution is 7.17. The summed E-state index contributed by atoms with van der Waals surface area (Å²) >= 11 is 1.18. The van der Waals surface area contributed by atoms with Crippen LogP contribution in [0, 0.1) is 0 Å². The molecule has 6 heteroatoms. The maximum absolute atomic E-state index is 11.4. The van der Waals surface area contributed by atoms with Gasteiger partial charge in [0.05, 0.1) is 5.69 Å². The van der Waals surface area contributed by atoms with Crippen molar-refractivity contribution < 1.29 is 9.90 Å². The van der Waals surface area contributed by atoms with Crippen molar-refractivity contribution in [3.63, 3.8) is 0 Å². The van der Waals surface area contributed by atoms with Crippen LogP contribution in [-0.2, 0) is 5.41 Å².